The lowest BCUT2D eigenvalue weighted by atomic mass is 10.1. The number of nitrogens with zero attached hydrogens (tertiary/aromatic N) is 2. The Balaban J connectivity index is 2.47. The topological polar surface area (TPSA) is 114 Å². The summed E-state index contributed by atoms with van der Waals surface area (Å²) in [6.45, 7) is 3.88. The van der Waals surface area contributed by atoms with Gasteiger partial charge in [0.05, 0.1) is 0 Å². The molecule has 2 aromatic heterocycles. The van der Waals surface area contributed by atoms with Crippen LogP contribution < -0.4 is 11.1 Å². The summed E-state index contributed by atoms with van der Waals surface area (Å²) >= 11 is 0. The van der Waals surface area contributed by atoms with Crippen LogP contribution in [-0.4, -0.2) is 21.3 Å². The van der Waals surface area contributed by atoms with Crippen molar-refractivity contribution in [2.24, 2.45) is 5.73 Å². The maximum atomic E-state index is 10.8. The van der Waals surface area contributed by atoms with Crippen molar-refractivity contribution in [3.05, 3.63) is 29.1 Å². The minimum Gasteiger partial charge on any atom is -0.465 e. The van der Waals surface area contributed by atoms with E-state index < -0.39 is 6.09 Å². The fourth-order valence-electron chi connectivity index (χ4n) is 1.73. The van der Waals surface area contributed by atoms with Crippen molar-refractivity contribution in [2.75, 3.05) is 5.32 Å². The van der Waals surface area contributed by atoms with Crippen LogP contribution in [0.25, 0.3) is 11.5 Å². The Morgan fingerprint density at radius 2 is 2.16 bits per heavy atom. The fraction of sp³-hybridized carbons (Fsp3) is 0.250. The van der Waals surface area contributed by atoms with Gasteiger partial charge in [-0.3, -0.25) is 5.32 Å². The minimum atomic E-state index is -1.18. The molecule has 0 saturated heterocycles. The largest absolute Gasteiger partial charge is 0.465 e. The summed E-state index contributed by atoms with van der Waals surface area (Å²) in [6, 6.07) is 3.56. The first-order chi connectivity index (χ1) is 9.02. The molecule has 0 bridgehead atoms. The molecule has 0 aromatic carbocycles. The van der Waals surface area contributed by atoms with Crippen LogP contribution >= 0.6 is 0 Å². The van der Waals surface area contributed by atoms with Gasteiger partial charge in [0, 0.05) is 12.2 Å². The van der Waals surface area contributed by atoms with Crippen molar-refractivity contribution in [2.45, 2.75) is 20.4 Å². The van der Waals surface area contributed by atoms with Crippen molar-refractivity contribution in [3.8, 4) is 11.5 Å². The number of hydrogen-bond acceptors (Lipinski definition) is 5. The number of rotatable bonds is 3. The zero-order valence-corrected chi connectivity index (χ0v) is 10.6. The van der Waals surface area contributed by atoms with Gasteiger partial charge in [0.25, 0.3) is 0 Å². The van der Waals surface area contributed by atoms with E-state index in [1.807, 2.05) is 13.0 Å². The number of amides is 1. The number of carboxylic acid groups (broad SMARTS) is 1. The molecule has 2 rings (SSSR count). The lowest BCUT2D eigenvalue weighted by Crippen LogP contribution is -2.08. The molecule has 4 N–H and O–H groups in total. The molecule has 7 heteroatoms. The van der Waals surface area contributed by atoms with E-state index >= 15 is 0 Å². The summed E-state index contributed by atoms with van der Waals surface area (Å²) in [5, 5.41) is 14.8. The summed E-state index contributed by atoms with van der Waals surface area (Å²) in [7, 11) is 0. The minimum absolute atomic E-state index is 0.298. The summed E-state index contributed by atoms with van der Waals surface area (Å²) in [5.74, 6) is 0.298. The summed E-state index contributed by atoms with van der Waals surface area (Å²) < 4.78 is 5.14. The van der Waals surface area contributed by atoms with Crippen LogP contribution in [0.5, 0.6) is 0 Å². The summed E-state index contributed by atoms with van der Waals surface area (Å²) in [6.07, 6.45) is -1.18. The highest BCUT2D eigenvalue weighted by molar-refractivity contribution is 5.88. The number of aryl methyl sites for hydroxylation is 2. The molecule has 0 spiro atoms. The lowest BCUT2D eigenvalue weighted by molar-refractivity contribution is 0.209. The first-order valence-electron chi connectivity index (χ1n) is 5.66. The zero-order valence-electron chi connectivity index (χ0n) is 10.6. The number of nitrogens with two attached hydrogens (primary N) is 1. The van der Waals surface area contributed by atoms with E-state index in [-0.39, 0.29) is 0 Å². The summed E-state index contributed by atoms with van der Waals surface area (Å²) in [4.78, 5) is 15.1. The van der Waals surface area contributed by atoms with E-state index in [0.29, 0.717) is 29.4 Å². The molecular weight excluding hydrogens is 248 g/mol. The average molecular weight is 262 g/mol. The Labute approximate surface area is 109 Å². The van der Waals surface area contributed by atoms with Crippen molar-refractivity contribution in [1.29, 1.82) is 0 Å². The SMILES string of the molecule is Cc1nc(-c2onc(C)c2NC(=O)O)ccc1CN. The molecule has 0 aliphatic heterocycles. The van der Waals surface area contributed by atoms with Gasteiger partial charge in [-0.05, 0) is 25.5 Å². The Morgan fingerprint density at radius 1 is 1.42 bits per heavy atom. The second-order valence-corrected chi connectivity index (χ2v) is 4.05. The van der Waals surface area contributed by atoms with Gasteiger partial charge in [-0.2, -0.15) is 0 Å². The number of anilines is 1. The molecule has 7 nitrogen and oxygen atoms in total. The monoisotopic (exact) mass is 262 g/mol. The van der Waals surface area contributed by atoms with Gasteiger partial charge in [-0.25, -0.2) is 9.78 Å². The molecule has 0 saturated carbocycles. The van der Waals surface area contributed by atoms with E-state index in [9.17, 15) is 4.79 Å². The van der Waals surface area contributed by atoms with Gasteiger partial charge in [0.2, 0.25) is 5.76 Å². The maximum absolute atomic E-state index is 10.8. The number of nitrogens with one attached hydrogen (secondary N) is 1. The van der Waals surface area contributed by atoms with E-state index in [2.05, 4.69) is 15.5 Å². The summed E-state index contributed by atoms with van der Waals surface area (Å²) in [5.41, 5.74) is 8.55. The van der Waals surface area contributed by atoms with Gasteiger partial charge in [-0.1, -0.05) is 11.2 Å². The Kier molecular flexibility index (Phi) is 3.48. The Bertz CT molecular complexity index is 621. The fourth-order valence-corrected chi connectivity index (χ4v) is 1.73. The van der Waals surface area contributed by atoms with E-state index in [1.165, 1.54) is 0 Å². The van der Waals surface area contributed by atoms with Gasteiger partial charge in [-0.15, -0.1) is 0 Å². The normalized spacial score (nSPS) is 10.5. The highest BCUT2D eigenvalue weighted by atomic mass is 16.5. The smallest absolute Gasteiger partial charge is 0.409 e. The van der Waals surface area contributed by atoms with Crippen molar-refractivity contribution >= 4 is 11.8 Å². The van der Waals surface area contributed by atoms with E-state index in [0.717, 1.165) is 11.3 Å². The van der Waals surface area contributed by atoms with Crippen LogP contribution in [0.2, 0.25) is 0 Å². The molecule has 19 heavy (non-hydrogen) atoms. The number of aromatic nitrogens is 2. The van der Waals surface area contributed by atoms with Crippen LogP contribution in [0.1, 0.15) is 17.0 Å². The van der Waals surface area contributed by atoms with Crippen LogP contribution in [0.15, 0.2) is 16.7 Å². The van der Waals surface area contributed by atoms with Gasteiger partial charge < -0.3 is 15.4 Å². The molecule has 100 valence electrons. The number of hydrogen-bond donors (Lipinski definition) is 3. The Hall–Kier alpha value is -2.41. The van der Waals surface area contributed by atoms with Crippen molar-refractivity contribution < 1.29 is 14.4 Å². The van der Waals surface area contributed by atoms with E-state index in [4.69, 9.17) is 15.4 Å². The predicted octanol–water partition coefficient (Wildman–Crippen LogP) is 1.90. The number of pyridine rings is 1. The van der Waals surface area contributed by atoms with Gasteiger partial charge in [0.1, 0.15) is 17.1 Å². The van der Waals surface area contributed by atoms with Crippen LogP contribution in [0.4, 0.5) is 10.5 Å². The molecule has 2 aromatic rings. The van der Waals surface area contributed by atoms with Crippen molar-refractivity contribution in [3.63, 3.8) is 0 Å². The zero-order chi connectivity index (χ0) is 14.0. The quantitative estimate of drug-likeness (QED) is 0.778. The number of carbonyl (C=O) groups is 1. The third-order valence-electron chi connectivity index (χ3n) is 2.74. The van der Waals surface area contributed by atoms with E-state index in [1.54, 1.807) is 13.0 Å². The molecule has 0 radical (unpaired) electrons. The first kappa shape index (κ1) is 13.0. The van der Waals surface area contributed by atoms with Gasteiger partial charge in [0.15, 0.2) is 0 Å². The molecule has 0 fully saturated rings. The third-order valence-corrected chi connectivity index (χ3v) is 2.74. The molecule has 0 aliphatic carbocycles. The van der Waals surface area contributed by atoms with Crippen LogP contribution in [0, 0.1) is 13.8 Å². The lowest BCUT2D eigenvalue weighted by Gasteiger charge is -2.05. The first-order valence-corrected chi connectivity index (χ1v) is 5.66. The van der Waals surface area contributed by atoms with Crippen molar-refractivity contribution in [1.82, 2.24) is 10.1 Å². The Morgan fingerprint density at radius 3 is 2.74 bits per heavy atom. The molecule has 0 unspecified atom stereocenters. The van der Waals surface area contributed by atoms with Crippen LogP contribution in [-0.2, 0) is 6.54 Å². The molecule has 0 aliphatic rings. The maximum Gasteiger partial charge on any atom is 0.409 e. The van der Waals surface area contributed by atoms with Crippen LogP contribution in [0.3, 0.4) is 0 Å². The second kappa shape index (κ2) is 5.07. The second-order valence-electron chi connectivity index (χ2n) is 4.05. The molecule has 2 heterocycles. The third kappa shape index (κ3) is 2.55. The van der Waals surface area contributed by atoms with Gasteiger partial charge >= 0.3 is 6.09 Å². The molecule has 0 atom stereocenters. The standard InChI is InChI=1S/C12H14N4O3/c1-6-8(5-13)3-4-9(14-6)11-10(15-12(17)18)7(2)16-19-11/h3-4,15H,5,13H2,1-2H3,(H,17,18). The molecular formula is C12H14N4O3. The highest BCUT2D eigenvalue weighted by Crippen LogP contribution is 2.30. The predicted molar refractivity (Wildman–Crippen MR) is 68.7 cm³/mol. The average Bonchev–Trinajstić information content (AvgIpc) is 2.70. The molecule has 1 amide bonds. The highest BCUT2D eigenvalue weighted by Gasteiger charge is 2.18.